The second-order valence-electron chi connectivity index (χ2n) is 3.22. The van der Waals surface area contributed by atoms with Gasteiger partial charge in [-0.05, 0) is 17.7 Å². The molecule has 1 heterocycles. The predicted molar refractivity (Wildman–Crippen MR) is 56.6 cm³/mol. The van der Waals surface area contributed by atoms with Crippen molar-refractivity contribution in [3.8, 4) is 0 Å². The van der Waals surface area contributed by atoms with Gasteiger partial charge in [-0.3, -0.25) is 4.98 Å². The number of hydrogen-bond acceptors (Lipinski definition) is 3. The molecule has 0 bridgehead atoms. The third-order valence-corrected chi connectivity index (χ3v) is 2.34. The van der Waals surface area contributed by atoms with Crippen molar-refractivity contribution >= 4 is 23.5 Å². The number of para-hydroxylation sites is 1. The van der Waals surface area contributed by atoms with E-state index in [0.29, 0.717) is 18.1 Å². The molecule has 1 aromatic heterocycles. The van der Waals surface area contributed by atoms with Gasteiger partial charge in [0.2, 0.25) is 0 Å². The number of fused-ring (bicyclic) bond motifs is 1. The van der Waals surface area contributed by atoms with Crippen LogP contribution in [0.1, 0.15) is 11.5 Å². The van der Waals surface area contributed by atoms with E-state index >= 15 is 0 Å². The number of hydrogen-bond donors (Lipinski definition) is 0. The van der Waals surface area contributed by atoms with E-state index in [0.717, 1.165) is 10.9 Å². The standard InChI is InChI=1S/C12H9NO2/c14-7-9(8-15)10-5-6-13-12-4-2-1-3-11(10)12/h1-9H. The maximum Gasteiger partial charge on any atom is 0.134 e. The molecule has 0 aliphatic carbocycles. The van der Waals surface area contributed by atoms with E-state index in [1.165, 1.54) is 0 Å². The van der Waals surface area contributed by atoms with Crippen molar-refractivity contribution in [3.05, 3.63) is 42.1 Å². The molecule has 0 saturated carbocycles. The minimum Gasteiger partial charge on any atom is -0.302 e. The summed E-state index contributed by atoms with van der Waals surface area (Å²) in [6.45, 7) is 0. The zero-order valence-electron chi connectivity index (χ0n) is 7.96. The molecule has 2 rings (SSSR count). The molecule has 3 nitrogen and oxygen atoms in total. The largest absolute Gasteiger partial charge is 0.302 e. The Morgan fingerprint density at radius 1 is 1.07 bits per heavy atom. The van der Waals surface area contributed by atoms with Gasteiger partial charge in [-0.25, -0.2) is 0 Å². The summed E-state index contributed by atoms with van der Waals surface area (Å²) in [6, 6.07) is 9.15. The van der Waals surface area contributed by atoms with Crippen molar-refractivity contribution in [1.29, 1.82) is 0 Å². The zero-order valence-corrected chi connectivity index (χ0v) is 7.96. The van der Waals surface area contributed by atoms with Crippen molar-refractivity contribution in [2.45, 2.75) is 5.92 Å². The average Bonchev–Trinajstić information content (AvgIpc) is 2.31. The molecular weight excluding hydrogens is 190 g/mol. The van der Waals surface area contributed by atoms with Gasteiger partial charge in [-0.1, -0.05) is 18.2 Å². The number of aromatic nitrogens is 1. The fourth-order valence-electron chi connectivity index (χ4n) is 1.59. The van der Waals surface area contributed by atoms with Crippen LogP contribution in [0.2, 0.25) is 0 Å². The Balaban J connectivity index is 2.69. The van der Waals surface area contributed by atoms with Gasteiger partial charge < -0.3 is 9.59 Å². The molecule has 15 heavy (non-hydrogen) atoms. The minimum absolute atomic E-state index is 0.648. The van der Waals surface area contributed by atoms with Crippen LogP contribution in [0.3, 0.4) is 0 Å². The number of carbonyl (C=O) groups excluding carboxylic acids is 2. The monoisotopic (exact) mass is 199 g/mol. The molecule has 1 aromatic carbocycles. The molecule has 3 heteroatoms. The van der Waals surface area contributed by atoms with E-state index in [2.05, 4.69) is 4.98 Å². The number of benzene rings is 1. The van der Waals surface area contributed by atoms with Crippen LogP contribution in [-0.4, -0.2) is 17.6 Å². The van der Waals surface area contributed by atoms with Gasteiger partial charge in [0.15, 0.2) is 0 Å². The molecule has 74 valence electrons. The Morgan fingerprint density at radius 2 is 1.80 bits per heavy atom. The normalized spacial score (nSPS) is 10.5. The number of carbonyl (C=O) groups is 2. The molecule has 0 spiro atoms. The smallest absolute Gasteiger partial charge is 0.134 e. The van der Waals surface area contributed by atoms with Crippen LogP contribution in [-0.2, 0) is 9.59 Å². The summed E-state index contributed by atoms with van der Waals surface area (Å²) in [5.41, 5.74) is 1.51. The second-order valence-corrected chi connectivity index (χ2v) is 3.22. The molecule has 0 fully saturated rings. The summed E-state index contributed by atoms with van der Waals surface area (Å²) >= 11 is 0. The lowest BCUT2D eigenvalue weighted by Crippen LogP contribution is -2.02. The van der Waals surface area contributed by atoms with E-state index in [9.17, 15) is 9.59 Å². The van der Waals surface area contributed by atoms with Crippen molar-refractivity contribution in [2.24, 2.45) is 0 Å². The molecule has 0 N–H and O–H groups in total. The zero-order chi connectivity index (χ0) is 10.7. The highest BCUT2D eigenvalue weighted by Gasteiger charge is 2.12. The van der Waals surface area contributed by atoms with Crippen LogP contribution in [0.5, 0.6) is 0 Å². The lowest BCUT2D eigenvalue weighted by Gasteiger charge is -2.06. The van der Waals surface area contributed by atoms with Gasteiger partial charge in [-0.15, -0.1) is 0 Å². The Hall–Kier alpha value is -2.03. The van der Waals surface area contributed by atoms with E-state index in [4.69, 9.17) is 0 Å². The van der Waals surface area contributed by atoms with Gasteiger partial charge in [-0.2, -0.15) is 0 Å². The average molecular weight is 199 g/mol. The first-order valence-corrected chi connectivity index (χ1v) is 4.61. The minimum atomic E-state index is -0.696. The third kappa shape index (κ3) is 1.64. The summed E-state index contributed by atoms with van der Waals surface area (Å²) in [5.74, 6) is -0.696. The highest BCUT2D eigenvalue weighted by Crippen LogP contribution is 2.21. The molecule has 0 aliphatic rings. The van der Waals surface area contributed by atoms with Gasteiger partial charge >= 0.3 is 0 Å². The summed E-state index contributed by atoms with van der Waals surface area (Å²) in [6.07, 6.45) is 2.90. The van der Waals surface area contributed by atoms with Gasteiger partial charge in [0.05, 0.1) is 11.4 Å². The number of rotatable bonds is 3. The Bertz CT molecular complexity index is 494. The topological polar surface area (TPSA) is 47.0 Å². The highest BCUT2D eigenvalue weighted by molar-refractivity contribution is 5.93. The fraction of sp³-hybridized carbons (Fsp3) is 0.0833. The Kier molecular flexibility index (Phi) is 2.54. The molecule has 0 saturated heterocycles. The van der Waals surface area contributed by atoms with Gasteiger partial charge in [0.25, 0.3) is 0 Å². The molecular formula is C12H9NO2. The van der Waals surface area contributed by atoms with E-state index in [-0.39, 0.29) is 0 Å². The summed E-state index contributed by atoms with van der Waals surface area (Å²) in [7, 11) is 0. The SMILES string of the molecule is O=CC(C=O)c1ccnc2ccccc12. The first-order chi connectivity index (χ1) is 7.36. The van der Waals surface area contributed by atoms with Crippen LogP contribution < -0.4 is 0 Å². The fourth-order valence-corrected chi connectivity index (χ4v) is 1.59. The van der Waals surface area contributed by atoms with Crippen LogP contribution >= 0.6 is 0 Å². The second kappa shape index (κ2) is 4.00. The molecule has 0 radical (unpaired) electrons. The summed E-state index contributed by atoms with van der Waals surface area (Å²) in [4.78, 5) is 25.6. The first kappa shape index (κ1) is 9.52. The van der Waals surface area contributed by atoms with E-state index < -0.39 is 5.92 Å². The van der Waals surface area contributed by atoms with Crippen molar-refractivity contribution in [1.82, 2.24) is 4.98 Å². The Labute approximate surface area is 86.8 Å². The quantitative estimate of drug-likeness (QED) is 0.558. The predicted octanol–water partition coefficient (Wildman–Crippen LogP) is 1.72. The molecule has 0 amide bonds. The maximum absolute atomic E-state index is 10.7. The van der Waals surface area contributed by atoms with Crippen molar-refractivity contribution in [2.75, 3.05) is 0 Å². The lowest BCUT2D eigenvalue weighted by atomic mass is 9.98. The van der Waals surface area contributed by atoms with Crippen LogP contribution in [0, 0.1) is 0 Å². The maximum atomic E-state index is 10.7. The van der Waals surface area contributed by atoms with E-state index in [1.807, 2.05) is 24.3 Å². The summed E-state index contributed by atoms with van der Waals surface area (Å²) in [5, 5.41) is 0.851. The lowest BCUT2D eigenvalue weighted by molar-refractivity contribution is -0.116. The number of nitrogens with zero attached hydrogens (tertiary/aromatic N) is 1. The number of aldehydes is 2. The van der Waals surface area contributed by atoms with Crippen LogP contribution in [0.4, 0.5) is 0 Å². The van der Waals surface area contributed by atoms with Gasteiger partial charge in [0, 0.05) is 11.6 Å². The van der Waals surface area contributed by atoms with Gasteiger partial charge in [0.1, 0.15) is 12.6 Å². The van der Waals surface area contributed by atoms with Crippen molar-refractivity contribution < 1.29 is 9.59 Å². The molecule has 0 atom stereocenters. The number of pyridine rings is 1. The third-order valence-electron chi connectivity index (χ3n) is 2.34. The van der Waals surface area contributed by atoms with Crippen LogP contribution in [0.15, 0.2) is 36.5 Å². The molecule has 0 aliphatic heterocycles. The Morgan fingerprint density at radius 3 is 2.53 bits per heavy atom. The first-order valence-electron chi connectivity index (χ1n) is 4.61. The van der Waals surface area contributed by atoms with Crippen LogP contribution in [0.25, 0.3) is 10.9 Å². The molecule has 0 unspecified atom stereocenters. The van der Waals surface area contributed by atoms with Crippen molar-refractivity contribution in [3.63, 3.8) is 0 Å². The molecule has 2 aromatic rings. The summed E-state index contributed by atoms with van der Waals surface area (Å²) < 4.78 is 0. The van der Waals surface area contributed by atoms with E-state index in [1.54, 1.807) is 12.3 Å². The highest BCUT2D eigenvalue weighted by atomic mass is 16.1.